The van der Waals surface area contributed by atoms with E-state index in [1.807, 2.05) is 0 Å². The minimum atomic E-state index is -4.80. The van der Waals surface area contributed by atoms with Crippen molar-refractivity contribution in [1.82, 2.24) is 9.88 Å². The van der Waals surface area contributed by atoms with Crippen LogP contribution in [0, 0.1) is 16.0 Å². The summed E-state index contributed by atoms with van der Waals surface area (Å²) in [5.41, 5.74) is 0.487. The number of para-hydroxylation sites is 1. The summed E-state index contributed by atoms with van der Waals surface area (Å²) in [5.74, 6) is 0.445. The van der Waals surface area contributed by atoms with Crippen LogP contribution in [0.25, 0.3) is 0 Å². The van der Waals surface area contributed by atoms with Crippen LogP contribution in [0.1, 0.15) is 37.7 Å². The molecule has 2 fully saturated rings. The van der Waals surface area contributed by atoms with Crippen LogP contribution in [0.4, 0.5) is 30.4 Å². The third kappa shape index (κ3) is 6.28. The highest BCUT2D eigenvalue weighted by atomic mass is 19.4. The second-order valence-electron chi connectivity index (χ2n) is 8.80. The molecule has 0 unspecified atom stereocenters. The Labute approximate surface area is 195 Å². The van der Waals surface area contributed by atoms with Crippen LogP contribution in [-0.4, -0.2) is 46.8 Å². The molecule has 2 aromatic rings. The molecule has 1 saturated heterocycles. The summed E-state index contributed by atoms with van der Waals surface area (Å²) in [7, 11) is 0. The average Bonchev–Trinajstić information content (AvgIpc) is 2.76. The summed E-state index contributed by atoms with van der Waals surface area (Å²) in [6.45, 7) is 3.02. The van der Waals surface area contributed by atoms with Crippen molar-refractivity contribution in [3.05, 3.63) is 52.2 Å². The molecule has 1 aromatic heterocycles. The number of hydrogen-bond acceptors (Lipinski definition) is 7. The summed E-state index contributed by atoms with van der Waals surface area (Å²) in [5, 5.41) is 17.6. The molecule has 1 aliphatic heterocycles. The molecule has 1 aromatic carbocycles. The van der Waals surface area contributed by atoms with Gasteiger partial charge in [0.1, 0.15) is 23.5 Å². The molecule has 8 nitrogen and oxygen atoms in total. The van der Waals surface area contributed by atoms with Gasteiger partial charge in [-0.05, 0) is 57.2 Å². The van der Waals surface area contributed by atoms with Gasteiger partial charge in [0.25, 0.3) is 0 Å². The summed E-state index contributed by atoms with van der Waals surface area (Å²) in [4.78, 5) is 17.6. The first-order valence-corrected chi connectivity index (χ1v) is 11.5. The molecule has 184 valence electrons. The molecule has 34 heavy (non-hydrogen) atoms. The minimum absolute atomic E-state index is 0.0109. The van der Waals surface area contributed by atoms with Gasteiger partial charge in [-0.1, -0.05) is 18.2 Å². The molecule has 2 aliphatic rings. The van der Waals surface area contributed by atoms with E-state index in [0.717, 1.165) is 31.9 Å². The van der Waals surface area contributed by atoms with E-state index in [-0.39, 0.29) is 23.5 Å². The number of aromatic nitrogens is 1. The van der Waals surface area contributed by atoms with Gasteiger partial charge in [0, 0.05) is 30.8 Å². The topological polar surface area (TPSA) is 92.6 Å². The Morgan fingerprint density at radius 1 is 1.15 bits per heavy atom. The molecule has 0 bridgehead atoms. The molecule has 0 spiro atoms. The van der Waals surface area contributed by atoms with Gasteiger partial charge in [-0.2, -0.15) is 0 Å². The third-order valence-electron chi connectivity index (χ3n) is 6.54. The van der Waals surface area contributed by atoms with Crippen LogP contribution in [0.5, 0.6) is 5.75 Å². The number of pyridine rings is 1. The third-order valence-corrected chi connectivity index (χ3v) is 6.54. The Morgan fingerprint density at radius 3 is 2.53 bits per heavy atom. The second-order valence-corrected chi connectivity index (χ2v) is 8.80. The fourth-order valence-corrected chi connectivity index (χ4v) is 4.57. The van der Waals surface area contributed by atoms with Gasteiger partial charge >= 0.3 is 12.0 Å². The van der Waals surface area contributed by atoms with Crippen LogP contribution in [-0.2, 0) is 6.54 Å². The lowest BCUT2D eigenvalue weighted by molar-refractivity contribution is -0.384. The number of hydrogen-bond donors (Lipinski definition) is 2. The molecule has 1 saturated carbocycles. The lowest BCUT2D eigenvalue weighted by atomic mass is 9.84. The van der Waals surface area contributed by atoms with Gasteiger partial charge in [0.15, 0.2) is 0 Å². The molecule has 1 aliphatic carbocycles. The van der Waals surface area contributed by atoms with Gasteiger partial charge in [-0.25, -0.2) is 4.98 Å². The number of rotatable bonds is 9. The van der Waals surface area contributed by atoms with E-state index in [1.54, 1.807) is 6.07 Å². The monoisotopic (exact) mass is 479 g/mol. The van der Waals surface area contributed by atoms with E-state index in [1.165, 1.54) is 43.8 Å². The molecule has 0 amide bonds. The highest BCUT2D eigenvalue weighted by Gasteiger charge is 2.32. The van der Waals surface area contributed by atoms with Gasteiger partial charge in [0.2, 0.25) is 0 Å². The number of likely N-dealkylation sites (tertiary alicyclic amines) is 1. The van der Waals surface area contributed by atoms with Gasteiger partial charge in [-0.3, -0.25) is 10.1 Å². The number of halogens is 3. The van der Waals surface area contributed by atoms with Crippen molar-refractivity contribution in [2.45, 2.75) is 51.1 Å². The van der Waals surface area contributed by atoms with E-state index in [0.29, 0.717) is 30.0 Å². The van der Waals surface area contributed by atoms with Crippen LogP contribution in [0.15, 0.2) is 36.5 Å². The van der Waals surface area contributed by atoms with E-state index in [9.17, 15) is 23.3 Å². The first-order chi connectivity index (χ1) is 16.3. The summed E-state index contributed by atoms with van der Waals surface area (Å²) in [6.07, 6.45) is 2.09. The summed E-state index contributed by atoms with van der Waals surface area (Å²) >= 11 is 0. The Morgan fingerprint density at radius 2 is 1.88 bits per heavy atom. The summed E-state index contributed by atoms with van der Waals surface area (Å²) in [6, 6.07) is 7.99. The predicted octanol–water partition coefficient (Wildman–Crippen LogP) is 5.18. The molecule has 4 rings (SSSR count). The molecule has 2 N–H and O–H groups in total. The van der Waals surface area contributed by atoms with Crippen molar-refractivity contribution >= 4 is 17.2 Å². The lowest BCUT2D eigenvalue weighted by Crippen LogP contribution is -2.46. The lowest BCUT2D eigenvalue weighted by Gasteiger charge is -2.42. The zero-order valence-electron chi connectivity index (χ0n) is 18.7. The molecular formula is C23H28F3N5O3. The molecule has 11 heteroatoms. The largest absolute Gasteiger partial charge is 0.573 e. The first kappa shape index (κ1) is 24.1. The van der Waals surface area contributed by atoms with Crippen LogP contribution >= 0.6 is 0 Å². The smallest absolute Gasteiger partial charge is 0.405 e. The van der Waals surface area contributed by atoms with E-state index >= 15 is 0 Å². The first-order valence-electron chi connectivity index (χ1n) is 11.5. The van der Waals surface area contributed by atoms with Crippen molar-refractivity contribution in [2.24, 2.45) is 5.92 Å². The fourth-order valence-electron chi connectivity index (χ4n) is 4.57. The van der Waals surface area contributed by atoms with Crippen molar-refractivity contribution in [1.29, 1.82) is 0 Å². The number of ether oxygens (including phenoxy) is 1. The number of benzene rings is 1. The molecule has 0 radical (unpaired) electrons. The number of nitrogens with one attached hydrogen (secondary N) is 2. The zero-order valence-corrected chi connectivity index (χ0v) is 18.7. The van der Waals surface area contributed by atoms with E-state index in [2.05, 4.69) is 25.3 Å². The minimum Gasteiger partial charge on any atom is -0.405 e. The number of alkyl halides is 3. The summed E-state index contributed by atoms with van der Waals surface area (Å²) < 4.78 is 42.0. The maximum atomic E-state index is 12.6. The SMILES string of the molecule is O=[N+]([O-])c1cnc(NCc2ccccc2OC(F)(F)F)cc1NCC1CCC(N2CCC2)CC1. The number of nitro groups is 1. The highest BCUT2D eigenvalue weighted by Crippen LogP contribution is 2.32. The number of anilines is 2. The zero-order chi connectivity index (χ0) is 24.1. The van der Waals surface area contributed by atoms with Gasteiger partial charge in [-0.15, -0.1) is 13.2 Å². The Bertz CT molecular complexity index is 992. The Kier molecular flexibility index (Phi) is 7.40. The number of nitrogens with zero attached hydrogens (tertiary/aromatic N) is 3. The second kappa shape index (κ2) is 10.5. The van der Waals surface area contributed by atoms with E-state index in [4.69, 9.17) is 0 Å². The maximum absolute atomic E-state index is 12.6. The predicted molar refractivity (Wildman–Crippen MR) is 122 cm³/mol. The molecule has 2 heterocycles. The van der Waals surface area contributed by atoms with E-state index < -0.39 is 11.3 Å². The van der Waals surface area contributed by atoms with Crippen LogP contribution in [0.2, 0.25) is 0 Å². The Balaban J connectivity index is 1.37. The normalized spacial score (nSPS) is 20.9. The average molecular weight is 480 g/mol. The van der Waals surface area contributed by atoms with Crippen molar-refractivity contribution in [3.63, 3.8) is 0 Å². The Hall–Kier alpha value is -3.08. The highest BCUT2D eigenvalue weighted by molar-refractivity contribution is 5.65. The van der Waals surface area contributed by atoms with Crippen molar-refractivity contribution in [3.8, 4) is 5.75 Å². The molecular weight excluding hydrogens is 451 g/mol. The molecule has 0 atom stereocenters. The van der Waals surface area contributed by atoms with Crippen molar-refractivity contribution < 1.29 is 22.8 Å². The quantitative estimate of drug-likeness (QED) is 0.378. The van der Waals surface area contributed by atoms with Crippen LogP contribution < -0.4 is 15.4 Å². The maximum Gasteiger partial charge on any atom is 0.573 e. The fraction of sp³-hybridized carbons (Fsp3) is 0.522. The van der Waals surface area contributed by atoms with Gasteiger partial charge in [0.05, 0.1) is 4.92 Å². The standard InChI is InChI=1S/C23H28F3N5O3/c24-23(25,26)34-21-5-2-1-4-17(21)14-28-22-12-19(20(15-29-22)31(32)33)27-13-16-6-8-18(9-7-16)30-10-3-11-30/h1-2,4-5,12,15-16,18H,3,6-11,13-14H2,(H2,27,28,29). The van der Waals surface area contributed by atoms with Crippen LogP contribution in [0.3, 0.4) is 0 Å². The van der Waals surface area contributed by atoms with Crippen molar-refractivity contribution in [2.75, 3.05) is 30.3 Å². The van der Waals surface area contributed by atoms with Gasteiger partial charge < -0.3 is 20.3 Å².